The number of aromatic nitrogens is 1. The molecule has 0 aliphatic rings. The van der Waals surface area contributed by atoms with Gasteiger partial charge in [0, 0.05) is 33.5 Å². The number of aryl methyl sites for hydroxylation is 1. The lowest BCUT2D eigenvalue weighted by molar-refractivity contribution is 0.584. The van der Waals surface area contributed by atoms with Gasteiger partial charge in [0.25, 0.3) is 0 Å². The van der Waals surface area contributed by atoms with Crippen LogP contribution in [-0.4, -0.2) is 19.9 Å². The molecule has 2 aromatic heterocycles. The Kier molecular flexibility index (Phi) is 4.27. The van der Waals surface area contributed by atoms with Crippen LogP contribution < -0.4 is 4.72 Å². The fourth-order valence-electron chi connectivity index (χ4n) is 2.31. The molecule has 0 aliphatic carbocycles. The summed E-state index contributed by atoms with van der Waals surface area (Å²) in [5.74, 6) is 0. The molecule has 0 spiro atoms. The zero-order valence-electron chi connectivity index (χ0n) is 11.9. The summed E-state index contributed by atoms with van der Waals surface area (Å²) in [6.45, 7) is 2.25. The molecule has 0 unspecified atom stereocenters. The highest BCUT2D eigenvalue weighted by molar-refractivity contribution is 7.91. The van der Waals surface area contributed by atoms with Crippen LogP contribution in [0.15, 0.2) is 40.7 Å². The normalized spacial score (nSPS) is 12.1. The average Bonchev–Trinajstić information content (AvgIpc) is 3.05. The van der Waals surface area contributed by atoms with Gasteiger partial charge in [0.15, 0.2) is 0 Å². The summed E-state index contributed by atoms with van der Waals surface area (Å²) in [5.41, 5.74) is 2.02. The highest BCUT2D eigenvalue weighted by atomic mass is 35.5. The molecular weight excluding hydrogens is 340 g/mol. The van der Waals surface area contributed by atoms with E-state index < -0.39 is 10.0 Å². The summed E-state index contributed by atoms with van der Waals surface area (Å²) in [4.78, 5) is 4.13. The second-order valence-electron chi connectivity index (χ2n) is 5.02. The largest absolute Gasteiger partial charge is 0.361 e. The molecule has 0 radical (unpaired) electrons. The molecule has 3 aromatic rings. The maximum atomic E-state index is 12.2. The number of sulfonamides is 1. The van der Waals surface area contributed by atoms with Gasteiger partial charge in [-0.1, -0.05) is 17.7 Å². The van der Waals surface area contributed by atoms with Crippen LogP contribution in [0, 0.1) is 6.92 Å². The van der Waals surface area contributed by atoms with Crippen LogP contribution in [0.4, 0.5) is 0 Å². The molecule has 0 atom stereocenters. The number of benzene rings is 1. The van der Waals surface area contributed by atoms with E-state index in [0.717, 1.165) is 21.3 Å². The van der Waals surface area contributed by atoms with Crippen molar-refractivity contribution in [3.05, 3.63) is 52.0 Å². The van der Waals surface area contributed by atoms with Gasteiger partial charge >= 0.3 is 0 Å². The zero-order valence-corrected chi connectivity index (χ0v) is 14.3. The van der Waals surface area contributed by atoms with Gasteiger partial charge in [-0.2, -0.15) is 0 Å². The minimum absolute atomic E-state index is 0.356. The summed E-state index contributed by atoms with van der Waals surface area (Å²) >= 11 is 7.23. The Morgan fingerprint density at radius 3 is 2.82 bits per heavy atom. The number of halogens is 1. The third kappa shape index (κ3) is 3.20. The van der Waals surface area contributed by atoms with Gasteiger partial charge in [-0.25, -0.2) is 13.1 Å². The molecule has 1 aromatic carbocycles. The lowest BCUT2D eigenvalue weighted by atomic mass is 10.1. The van der Waals surface area contributed by atoms with Gasteiger partial charge in [0.05, 0.1) is 0 Å². The van der Waals surface area contributed by atoms with Crippen molar-refractivity contribution < 1.29 is 8.42 Å². The number of rotatable bonds is 5. The predicted octanol–water partition coefficient (Wildman–Crippen LogP) is 3.71. The van der Waals surface area contributed by atoms with Crippen molar-refractivity contribution >= 4 is 43.9 Å². The van der Waals surface area contributed by atoms with Crippen molar-refractivity contribution in [3.8, 4) is 0 Å². The van der Waals surface area contributed by atoms with Crippen LogP contribution >= 0.6 is 22.9 Å². The van der Waals surface area contributed by atoms with E-state index >= 15 is 0 Å². The molecule has 2 N–H and O–H groups in total. The van der Waals surface area contributed by atoms with Crippen LogP contribution in [0.5, 0.6) is 0 Å². The van der Waals surface area contributed by atoms with Gasteiger partial charge in [0.1, 0.15) is 4.21 Å². The molecule has 2 heterocycles. The van der Waals surface area contributed by atoms with E-state index in [1.165, 1.54) is 11.3 Å². The van der Waals surface area contributed by atoms with E-state index in [1.54, 1.807) is 6.07 Å². The highest BCUT2D eigenvalue weighted by Gasteiger charge is 2.15. The Labute approximate surface area is 138 Å². The molecular formula is C15H15ClN2O2S2. The van der Waals surface area contributed by atoms with Crippen molar-refractivity contribution in [3.63, 3.8) is 0 Å². The molecule has 0 saturated carbocycles. The van der Waals surface area contributed by atoms with Crippen LogP contribution in [0.2, 0.25) is 5.02 Å². The quantitative estimate of drug-likeness (QED) is 0.733. The molecule has 0 fully saturated rings. The number of thiophene rings is 1. The molecule has 22 heavy (non-hydrogen) atoms. The number of hydrogen-bond acceptors (Lipinski definition) is 3. The molecule has 0 bridgehead atoms. The van der Waals surface area contributed by atoms with Gasteiger partial charge in [-0.05, 0) is 43.2 Å². The van der Waals surface area contributed by atoms with Crippen molar-refractivity contribution in [1.29, 1.82) is 0 Å². The topological polar surface area (TPSA) is 62.0 Å². The molecule has 0 aliphatic heterocycles. The Morgan fingerprint density at radius 2 is 2.09 bits per heavy atom. The summed E-state index contributed by atoms with van der Waals surface area (Å²) in [7, 11) is -3.42. The number of nitrogens with one attached hydrogen (secondary N) is 2. The van der Waals surface area contributed by atoms with E-state index in [4.69, 9.17) is 11.6 Å². The fourth-order valence-corrected chi connectivity index (χ4v) is 4.84. The summed E-state index contributed by atoms with van der Waals surface area (Å²) < 4.78 is 27.3. The Hall–Kier alpha value is -1.34. The smallest absolute Gasteiger partial charge is 0.250 e. The van der Waals surface area contributed by atoms with Crippen LogP contribution in [0.3, 0.4) is 0 Å². The summed E-state index contributed by atoms with van der Waals surface area (Å²) in [6, 6.07) is 9.08. The molecule has 7 heteroatoms. The van der Waals surface area contributed by atoms with Crippen molar-refractivity contribution in [1.82, 2.24) is 9.71 Å². The zero-order chi connectivity index (χ0) is 15.7. The Bertz CT molecular complexity index is 913. The predicted molar refractivity (Wildman–Crippen MR) is 91.3 cm³/mol. The number of H-pyrrole nitrogens is 1. The van der Waals surface area contributed by atoms with E-state index in [9.17, 15) is 8.42 Å². The molecule has 0 saturated heterocycles. The van der Waals surface area contributed by atoms with E-state index in [0.29, 0.717) is 22.2 Å². The SMILES string of the molecule is Cc1ccc(S(=O)(=O)NCCc2c[nH]c3cc(Cl)ccc23)s1. The van der Waals surface area contributed by atoms with E-state index in [1.807, 2.05) is 37.4 Å². The van der Waals surface area contributed by atoms with Crippen molar-refractivity contribution in [2.75, 3.05) is 6.54 Å². The molecule has 4 nitrogen and oxygen atoms in total. The average molecular weight is 355 g/mol. The second kappa shape index (κ2) is 6.04. The molecule has 0 amide bonds. The third-order valence-electron chi connectivity index (χ3n) is 3.40. The standard InChI is InChI=1S/C15H15ClN2O2S2/c1-10-2-5-15(21-10)22(19,20)18-7-6-11-9-17-14-8-12(16)3-4-13(11)14/h2-5,8-9,17-18H,6-7H2,1H3. The van der Waals surface area contributed by atoms with Crippen molar-refractivity contribution in [2.24, 2.45) is 0 Å². The second-order valence-corrected chi connectivity index (χ2v) is 8.73. The Morgan fingerprint density at radius 1 is 1.27 bits per heavy atom. The maximum absolute atomic E-state index is 12.2. The third-order valence-corrected chi connectivity index (χ3v) is 6.59. The van der Waals surface area contributed by atoms with Gasteiger partial charge < -0.3 is 4.98 Å². The lowest BCUT2D eigenvalue weighted by Gasteiger charge is -2.04. The minimum atomic E-state index is -3.42. The van der Waals surface area contributed by atoms with Gasteiger partial charge in [-0.15, -0.1) is 11.3 Å². The molecule has 116 valence electrons. The van der Waals surface area contributed by atoms with Crippen LogP contribution in [-0.2, 0) is 16.4 Å². The monoisotopic (exact) mass is 354 g/mol. The maximum Gasteiger partial charge on any atom is 0.250 e. The first-order valence-corrected chi connectivity index (χ1v) is 9.45. The number of hydrogen-bond donors (Lipinski definition) is 2. The van der Waals surface area contributed by atoms with Crippen LogP contribution in [0.1, 0.15) is 10.4 Å². The van der Waals surface area contributed by atoms with Gasteiger partial charge in [0.2, 0.25) is 10.0 Å². The number of aromatic amines is 1. The van der Waals surface area contributed by atoms with Gasteiger partial charge in [-0.3, -0.25) is 0 Å². The first-order valence-electron chi connectivity index (χ1n) is 6.77. The van der Waals surface area contributed by atoms with E-state index in [2.05, 4.69) is 9.71 Å². The first-order chi connectivity index (χ1) is 10.5. The summed E-state index contributed by atoms with van der Waals surface area (Å²) in [5, 5.41) is 1.74. The highest BCUT2D eigenvalue weighted by Crippen LogP contribution is 2.23. The summed E-state index contributed by atoms with van der Waals surface area (Å²) in [6.07, 6.45) is 2.51. The van der Waals surface area contributed by atoms with Crippen molar-refractivity contribution in [2.45, 2.75) is 17.6 Å². The fraction of sp³-hybridized carbons (Fsp3) is 0.200. The molecule has 3 rings (SSSR count). The minimum Gasteiger partial charge on any atom is -0.361 e. The lowest BCUT2D eigenvalue weighted by Crippen LogP contribution is -2.25. The van der Waals surface area contributed by atoms with Crippen LogP contribution in [0.25, 0.3) is 10.9 Å². The van der Waals surface area contributed by atoms with E-state index in [-0.39, 0.29) is 0 Å². The Balaban J connectivity index is 1.70. The number of fused-ring (bicyclic) bond motifs is 1. The first kappa shape index (κ1) is 15.6.